The Balaban J connectivity index is 1.72. The third kappa shape index (κ3) is 2.34. The number of Topliss-reactive ketones (excluding diaryl/α,β-unsaturated/α-hetero) is 1. The molecule has 1 aromatic carbocycles. The molecule has 2 aliphatic rings. The fourth-order valence-electron chi connectivity index (χ4n) is 2.24. The van der Waals surface area contributed by atoms with Crippen molar-refractivity contribution in [3.05, 3.63) is 23.8 Å². The third-order valence-electron chi connectivity index (χ3n) is 3.51. The molecule has 1 fully saturated rings. The first-order chi connectivity index (χ1) is 8.74. The molecule has 2 N–H and O–H groups in total. The Bertz CT molecular complexity index is 468. The van der Waals surface area contributed by atoms with Gasteiger partial charge < -0.3 is 15.2 Å². The van der Waals surface area contributed by atoms with E-state index in [0.717, 1.165) is 12.8 Å². The molecule has 3 rings (SSSR count). The minimum atomic E-state index is 0.00528. The Morgan fingerprint density at radius 2 is 2.00 bits per heavy atom. The van der Waals surface area contributed by atoms with E-state index in [1.807, 2.05) is 0 Å². The molecule has 1 heterocycles. The van der Waals surface area contributed by atoms with Crippen LogP contribution in [0.3, 0.4) is 0 Å². The zero-order chi connectivity index (χ0) is 12.5. The molecule has 1 atom stereocenters. The van der Waals surface area contributed by atoms with Gasteiger partial charge in [0.05, 0.1) is 0 Å². The highest BCUT2D eigenvalue weighted by Gasteiger charge is 2.30. The van der Waals surface area contributed by atoms with Crippen LogP contribution in [0.25, 0.3) is 0 Å². The molecule has 0 aromatic heterocycles. The Morgan fingerprint density at radius 3 is 2.72 bits per heavy atom. The van der Waals surface area contributed by atoms with Gasteiger partial charge in [-0.2, -0.15) is 0 Å². The summed E-state index contributed by atoms with van der Waals surface area (Å²) in [7, 11) is 0. The van der Waals surface area contributed by atoms with Crippen molar-refractivity contribution in [2.24, 2.45) is 11.7 Å². The number of fused-ring (bicyclic) bond motifs is 1. The summed E-state index contributed by atoms with van der Waals surface area (Å²) in [4.78, 5) is 12.1. The van der Waals surface area contributed by atoms with Crippen LogP contribution < -0.4 is 15.2 Å². The zero-order valence-corrected chi connectivity index (χ0v) is 10.2. The standard InChI is InChI=1S/C14H17NO3/c15-11(9-1-2-9)8-12(16)10-3-4-13-14(7-10)18-6-5-17-13/h3-4,7,9,11H,1-2,5-6,8,15H2. The number of ether oxygens (including phenoxy) is 2. The number of carbonyl (C=O) groups is 1. The average Bonchev–Trinajstić information content (AvgIpc) is 3.22. The molecule has 0 spiro atoms. The van der Waals surface area contributed by atoms with Gasteiger partial charge in [0.2, 0.25) is 0 Å². The van der Waals surface area contributed by atoms with E-state index in [9.17, 15) is 4.79 Å². The van der Waals surface area contributed by atoms with Crippen LogP contribution in [0.2, 0.25) is 0 Å². The van der Waals surface area contributed by atoms with Gasteiger partial charge in [0.15, 0.2) is 17.3 Å². The summed E-state index contributed by atoms with van der Waals surface area (Å²) >= 11 is 0. The summed E-state index contributed by atoms with van der Waals surface area (Å²) < 4.78 is 10.9. The fraction of sp³-hybridized carbons (Fsp3) is 0.500. The summed E-state index contributed by atoms with van der Waals surface area (Å²) in [5.41, 5.74) is 6.64. The van der Waals surface area contributed by atoms with Crippen molar-refractivity contribution in [3.63, 3.8) is 0 Å². The van der Waals surface area contributed by atoms with Crippen LogP contribution >= 0.6 is 0 Å². The topological polar surface area (TPSA) is 61.6 Å². The maximum atomic E-state index is 12.1. The van der Waals surface area contributed by atoms with Gasteiger partial charge in [-0.1, -0.05) is 0 Å². The molecular formula is C14H17NO3. The molecule has 0 amide bonds. The van der Waals surface area contributed by atoms with Crippen LogP contribution in [0.4, 0.5) is 0 Å². The zero-order valence-electron chi connectivity index (χ0n) is 10.2. The van der Waals surface area contributed by atoms with Gasteiger partial charge >= 0.3 is 0 Å². The van der Waals surface area contributed by atoms with Gasteiger partial charge in [0, 0.05) is 18.0 Å². The van der Waals surface area contributed by atoms with E-state index in [-0.39, 0.29) is 11.8 Å². The number of hydrogen-bond acceptors (Lipinski definition) is 4. The summed E-state index contributed by atoms with van der Waals surface area (Å²) in [6.45, 7) is 1.10. The normalized spacial score (nSPS) is 19.4. The SMILES string of the molecule is NC(CC(=O)c1ccc2c(c1)OCCO2)C1CC1. The predicted octanol–water partition coefficient (Wildman–Crippen LogP) is 1.77. The van der Waals surface area contributed by atoms with E-state index in [2.05, 4.69) is 0 Å². The van der Waals surface area contributed by atoms with E-state index in [1.165, 1.54) is 0 Å². The van der Waals surface area contributed by atoms with Gasteiger partial charge in [-0.25, -0.2) is 0 Å². The van der Waals surface area contributed by atoms with Crippen molar-refractivity contribution < 1.29 is 14.3 Å². The molecule has 0 radical (unpaired) electrons. The maximum absolute atomic E-state index is 12.1. The lowest BCUT2D eigenvalue weighted by atomic mass is 10.0. The molecule has 4 heteroatoms. The van der Waals surface area contributed by atoms with E-state index in [4.69, 9.17) is 15.2 Å². The van der Waals surface area contributed by atoms with E-state index < -0.39 is 0 Å². The molecule has 4 nitrogen and oxygen atoms in total. The summed E-state index contributed by atoms with van der Waals surface area (Å²) in [6, 6.07) is 5.35. The number of nitrogens with two attached hydrogens (primary N) is 1. The molecule has 0 bridgehead atoms. The fourth-order valence-corrected chi connectivity index (χ4v) is 2.24. The maximum Gasteiger partial charge on any atom is 0.164 e. The Kier molecular flexibility index (Phi) is 2.96. The molecule has 1 saturated carbocycles. The number of hydrogen-bond donors (Lipinski definition) is 1. The number of rotatable bonds is 4. The van der Waals surface area contributed by atoms with Crippen LogP contribution in [0.15, 0.2) is 18.2 Å². The largest absolute Gasteiger partial charge is 0.486 e. The molecule has 1 aliphatic carbocycles. The quantitative estimate of drug-likeness (QED) is 0.824. The van der Waals surface area contributed by atoms with Gasteiger partial charge in [-0.3, -0.25) is 4.79 Å². The van der Waals surface area contributed by atoms with Gasteiger partial charge in [0.1, 0.15) is 13.2 Å². The van der Waals surface area contributed by atoms with Crippen molar-refractivity contribution in [3.8, 4) is 11.5 Å². The number of carbonyl (C=O) groups excluding carboxylic acids is 1. The third-order valence-corrected chi connectivity index (χ3v) is 3.51. The van der Waals surface area contributed by atoms with Crippen LogP contribution in [0.1, 0.15) is 29.6 Å². The monoisotopic (exact) mass is 247 g/mol. The molecular weight excluding hydrogens is 230 g/mol. The highest BCUT2D eigenvalue weighted by Crippen LogP contribution is 2.34. The van der Waals surface area contributed by atoms with E-state index >= 15 is 0 Å². The smallest absolute Gasteiger partial charge is 0.164 e. The van der Waals surface area contributed by atoms with Crippen molar-refractivity contribution in [2.75, 3.05) is 13.2 Å². The van der Waals surface area contributed by atoms with Crippen molar-refractivity contribution >= 4 is 5.78 Å². The molecule has 1 unspecified atom stereocenters. The Labute approximate surface area is 106 Å². The van der Waals surface area contributed by atoms with Crippen molar-refractivity contribution in [1.29, 1.82) is 0 Å². The van der Waals surface area contributed by atoms with E-state index in [0.29, 0.717) is 42.6 Å². The lowest BCUT2D eigenvalue weighted by molar-refractivity contribution is 0.0970. The Hall–Kier alpha value is -1.55. The summed E-state index contributed by atoms with van der Waals surface area (Å²) in [5.74, 6) is 2.01. The van der Waals surface area contributed by atoms with Crippen molar-refractivity contribution in [1.82, 2.24) is 0 Å². The lowest BCUT2D eigenvalue weighted by Gasteiger charge is -2.19. The minimum Gasteiger partial charge on any atom is -0.486 e. The summed E-state index contributed by atoms with van der Waals surface area (Å²) in [6.07, 6.45) is 2.75. The highest BCUT2D eigenvalue weighted by atomic mass is 16.6. The second-order valence-corrected chi connectivity index (χ2v) is 4.99. The van der Waals surface area contributed by atoms with Crippen molar-refractivity contribution in [2.45, 2.75) is 25.3 Å². The second kappa shape index (κ2) is 4.61. The van der Waals surface area contributed by atoms with Gasteiger partial charge in [-0.05, 0) is 37.0 Å². The van der Waals surface area contributed by atoms with Crippen LogP contribution in [0, 0.1) is 5.92 Å². The van der Waals surface area contributed by atoms with Gasteiger partial charge in [-0.15, -0.1) is 0 Å². The minimum absolute atomic E-state index is 0.00528. The second-order valence-electron chi connectivity index (χ2n) is 4.99. The number of benzene rings is 1. The first-order valence-electron chi connectivity index (χ1n) is 6.42. The van der Waals surface area contributed by atoms with Crippen LogP contribution in [-0.4, -0.2) is 25.0 Å². The molecule has 96 valence electrons. The summed E-state index contributed by atoms with van der Waals surface area (Å²) in [5, 5.41) is 0. The lowest BCUT2D eigenvalue weighted by Crippen LogP contribution is -2.26. The molecule has 18 heavy (non-hydrogen) atoms. The first-order valence-corrected chi connectivity index (χ1v) is 6.42. The first kappa shape index (κ1) is 11.5. The average molecular weight is 247 g/mol. The Morgan fingerprint density at radius 1 is 1.28 bits per heavy atom. The molecule has 0 saturated heterocycles. The van der Waals surface area contributed by atoms with Crippen LogP contribution in [0.5, 0.6) is 11.5 Å². The van der Waals surface area contributed by atoms with Gasteiger partial charge in [0.25, 0.3) is 0 Å². The highest BCUT2D eigenvalue weighted by molar-refractivity contribution is 5.97. The van der Waals surface area contributed by atoms with E-state index in [1.54, 1.807) is 18.2 Å². The predicted molar refractivity (Wildman–Crippen MR) is 67.1 cm³/mol. The van der Waals surface area contributed by atoms with Crippen LogP contribution in [-0.2, 0) is 0 Å². The molecule has 1 aliphatic heterocycles. The molecule has 1 aromatic rings. The number of ketones is 1.